The van der Waals surface area contributed by atoms with E-state index in [4.69, 9.17) is 0 Å². The summed E-state index contributed by atoms with van der Waals surface area (Å²) in [4.78, 5) is 16.8. The molecule has 0 aliphatic carbocycles. The van der Waals surface area contributed by atoms with Crippen LogP contribution in [0.1, 0.15) is 22.7 Å². The average Bonchev–Trinajstić information content (AvgIpc) is 3.29. The molecule has 2 aromatic carbocycles. The molecular weight excluding hydrogens is 352 g/mol. The van der Waals surface area contributed by atoms with Gasteiger partial charge in [0.2, 0.25) is 5.91 Å². The quantitative estimate of drug-likeness (QED) is 0.564. The van der Waals surface area contributed by atoms with Gasteiger partial charge in [-0.2, -0.15) is 0 Å². The molecule has 0 spiro atoms. The molecule has 4 aromatic rings. The number of pyridine rings is 1. The van der Waals surface area contributed by atoms with E-state index in [1.54, 1.807) is 17.1 Å². The highest BCUT2D eigenvalue weighted by Gasteiger charge is 2.17. The van der Waals surface area contributed by atoms with Gasteiger partial charge in [0.15, 0.2) is 0 Å². The number of nitrogens with zero attached hydrogens (tertiary/aromatic N) is 5. The number of amides is 1. The summed E-state index contributed by atoms with van der Waals surface area (Å²) in [6, 6.07) is 21.1. The molecular formula is C21H18N6O. The zero-order valence-corrected chi connectivity index (χ0v) is 15.0. The molecule has 1 N–H and O–H groups in total. The summed E-state index contributed by atoms with van der Waals surface area (Å²) in [6.07, 6.45) is 5.27. The van der Waals surface area contributed by atoms with E-state index < -0.39 is 0 Å². The molecule has 4 rings (SSSR count). The van der Waals surface area contributed by atoms with Crippen LogP contribution < -0.4 is 5.32 Å². The minimum absolute atomic E-state index is 0.0548. The predicted molar refractivity (Wildman–Crippen MR) is 104 cm³/mol. The maximum absolute atomic E-state index is 12.7. The number of carbonyl (C=O) groups excluding carboxylic acids is 1. The van der Waals surface area contributed by atoms with Crippen LogP contribution in [0.5, 0.6) is 0 Å². The van der Waals surface area contributed by atoms with Crippen LogP contribution in [0, 0.1) is 0 Å². The van der Waals surface area contributed by atoms with Crippen molar-refractivity contribution in [3.8, 4) is 5.69 Å². The van der Waals surface area contributed by atoms with E-state index in [0.717, 1.165) is 22.4 Å². The van der Waals surface area contributed by atoms with Crippen LogP contribution in [0.25, 0.3) is 5.69 Å². The van der Waals surface area contributed by atoms with Crippen LogP contribution >= 0.6 is 0 Å². The average molecular weight is 370 g/mol. The highest BCUT2D eigenvalue weighted by Crippen LogP contribution is 2.21. The van der Waals surface area contributed by atoms with Gasteiger partial charge in [0.1, 0.15) is 6.33 Å². The molecule has 0 saturated carbocycles. The van der Waals surface area contributed by atoms with Gasteiger partial charge in [-0.1, -0.05) is 42.5 Å². The molecule has 7 heteroatoms. The Morgan fingerprint density at radius 3 is 2.32 bits per heavy atom. The topological polar surface area (TPSA) is 85.6 Å². The summed E-state index contributed by atoms with van der Waals surface area (Å²) in [5.74, 6) is -0.0548. The van der Waals surface area contributed by atoms with Crippen LogP contribution in [0.3, 0.4) is 0 Å². The highest BCUT2D eigenvalue weighted by atomic mass is 16.1. The third-order valence-electron chi connectivity index (χ3n) is 4.39. The van der Waals surface area contributed by atoms with Gasteiger partial charge in [-0.05, 0) is 51.4 Å². The van der Waals surface area contributed by atoms with Crippen molar-refractivity contribution in [1.29, 1.82) is 0 Å². The van der Waals surface area contributed by atoms with Crippen molar-refractivity contribution in [2.45, 2.75) is 12.5 Å². The number of hydrogen-bond acceptors (Lipinski definition) is 5. The van der Waals surface area contributed by atoms with E-state index in [2.05, 4.69) is 25.8 Å². The Labute approximate surface area is 162 Å². The summed E-state index contributed by atoms with van der Waals surface area (Å²) in [7, 11) is 0. The van der Waals surface area contributed by atoms with Gasteiger partial charge < -0.3 is 5.32 Å². The van der Waals surface area contributed by atoms with Crippen molar-refractivity contribution >= 4 is 5.91 Å². The number of benzene rings is 2. The molecule has 28 heavy (non-hydrogen) atoms. The van der Waals surface area contributed by atoms with Crippen molar-refractivity contribution in [2.24, 2.45) is 0 Å². The largest absolute Gasteiger partial charge is 0.345 e. The van der Waals surface area contributed by atoms with Crippen LogP contribution in [-0.2, 0) is 11.2 Å². The third kappa shape index (κ3) is 4.09. The smallest absolute Gasteiger partial charge is 0.225 e. The molecule has 2 aromatic heterocycles. The molecule has 0 unspecified atom stereocenters. The van der Waals surface area contributed by atoms with Gasteiger partial charge in [-0.3, -0.25) is 9.78 Å². The number of nitrogens with one attached hydrogen (secondary N) is 1. The van der Waals surface area contributed by atoms with E-state index in [0.29, 0.717) is 0 Å². The normalized spacial score (nSPS) is 11.7. The van der Waals surface area contributed by atoms with Crippen molar-refractivity contribution in [2.75, 3.05) is 0 Å². The molecule has 2 heterocycles. The van der Waals surface area contributed by atoms with Gasteiger partial charge in [0.05, 0.1) is 18.2 Å². The minimum atomic E-state index is -0.225. The second kappa shape index (κ2) is 8.22. The van der Waals surface area contributed by atoms with Crippen molar-refractivity contribution in [1.82, 2.24) is 30.5 Å². The van der Waals surface area contributed by atoms with E-state index in [9.17, 15) is 4.79 Å². The molecule has 7 nitrogen and oxygen atoms in total. The summed E-state index contributed by atoms with van der Waals surface area (Å²) < 4.78 is 1.57. The van der Waals surface area contributed by atoms with Crippen LogP contribution in [-0.4, -0.2) is 31.1 Å². The Kier molecular flexibility index (Phi) is 5.15. The first-order chi connectivity index (χ1) is 13.8. The first-order valence-corrected chi connectivity index (χ1v) is 8.86. The number of rotatable bonds is 6. The molecule has 0 radical (unpaired) electrons. The maximum atomic E-state index is 12.7. The standard InChI is InChI=1S/C21H18N6O/c28-20(14-16-6-8-19(9-7-16)27-15-23-25-26-27)24-21(17-4-2-1-3-5-17)18-10-12-22-13-11-18/h1-13,15,21H,14H2,(H,24,28)/t21-/m1/s1. The summed E-state index contributed by atoms with van der Waals surface area (Å²) in [5.41, 5.74) is 3.77. The van der Waals surface area contributed by atoms with Crippen LogP contribution in [0.15, 0.2) is 85.5 Å². The Bertz CT molecular complexity index is 978. The second-order valence-corrected chi connectivity index (χ2v) is 6.29. The Morgan fingerprint density at radius 2 is 1.64 bits per heavy atom. The summed E-state index contributed by atoms with van der Waals surface area (Å²) in [6.45, 7) is 0. The SMILES string of the molecule is O=C(Cc1ccc(-n2cnnn2)cc1)N[C@H](c1ccccc1)c1ccncc1. The monoisotopic (exact) mass is 370 g/mol. The van der Waals surface area contributed by atoms with E-state index >= 15 is 0 Å². The first-order valence-electron chi connectivity index (χ1n) is 8.86. The molecule has 0 aliphatic heterocycles. The minimum Gasteiger partial charge on any atom is -0.345 e. The van der Waals surface area contributed by atoms with Gasteiger partial charge >= 0.3 is 0 Å². The molecule has 0 saturated heterocycles. The first kappa shape index (κ1) is 17.5. The number of aromatic nitrogens is 5. The van der Waals surface area contributed by atoms with E-state index in [1.807, 2.05) is 66.7 Å². The molecule has 0 bridgehead atoms. The Hall–Kier alpha value is -3.87. The van der Waals surface area contributed by atoms with E-state index in [1.165, 1.54) is 6.33 Å². The van der Waals surface area contributed by atoms with E-state index in [-0.39, 0.29) is 18.4 Å². The Balaban J connectivity index is 1.49. The van der Waals surface area contributed by atoms with Gasteiger partial charge in [-0.15, -0.1) is 5.10 Å². The van der Waals surface area contributed by atoms with Crippen LogP contribution in [0.4, 0.5) is 0 Å². The summed E-state index contributed by atoms with van der Waals surface area (Å²) in [5, 5.41) is 14.2. The molecule has 1 amide bonds. The lowest BCUT2D eigenvalue weighted by molar-refractivity contribution is -0.120. The van der Waals surface area contributed by atoms with Crippen LogP contribution in [0.2, 0.25) is 0 Å². The van der Waals surface area contributed by atoms with Crippen molar-refractivity contribution in [3.05, 3.63) is 102 Å². The lowest BCUT2D eigenvalue weighted by Crippen LogP contribution is -2.30. The van der Waals surface area contributed by atoms with Gasteiger partial charge in [-0.25, -0.2) is 4.68 Å². The zero-order chi connectivity index (χ0) is 19.2. The predicted octanol–water partition coefficient (Wildman–Crippen LogP) is 2.51. The highest BCUT2D eigenvalue weighted by molar-refractivity contribution is 5.79. The summed E-state index contributed by atoms with van der Waals surface area (Å²) >= 11 is 0. The fourth-order valence-corrected chi connectivity index (χ4v) is 3.00. The lowest BCUT2D eigenvalue weighted by Gasteiger charge is -2.20. The van der Waals surface area contributed by atoms with Gasteiger partial charge in [0.25, 0.3) is 0 Å². The zero-order valence-electron chi connectivity index (χ0n) is 15.0. The second-order valence-electron chi connectivity index (χ2n) is 6.29. The molecule has 0 fully saturated rings. The fraction of sp³-hybridized carbons (Fsp3) is 0.0952. The molecule has 138 valence electrons. The number of carbonyl (C=O) groups is 1. The maximum Gasteiger partial charge on any atom is 0.225 e. The number of hydrogen-bond donors (Lipinski definition) is 1. The Morgan fingerprint density at radius 1 is 0.929 bits per heavy atom. The lowest BCUT2D eigenvalue weighted by atomic mass is 9.99. The fourth-order valence-electron chi connectivity index (χ4n) is 3.00. The molecule has 1 atom stereocenters. The number of tetrazole rings is 1. The van der Waals surface area contributed by atoms with Crippen molar-refractivity contribution in [3.63, 3.8) is 0 Å². The van der Waals surface area contributed by atoms with Crippen molar-refractivity contribution < 1.29 is 4.79 Å². The molecule has 0 aliphatic rings. The van der Waals surface area contributed by atoms with Gasteiger partial charge in [0, 0.05) is 12.4 Å². The third-order valence-corrected chi connectivity index (χ3v) is 4.39.